The van der Waals surface area contributed by atoms with E-state index in [2.05, 4.69) is 10.4 Å². The molecule has 0 amide bonds. The van der Waals surface area contributed by atoms with Crippen molar-refractivity contribution in [3.05, 3.63) is 40.7 Å². The smallest absolute Gasteiger partial charge is 0.294 e. The number of nitro benzene ring substituents is 1. The first kappa shape index (κ1) is 21.2. The van der Waals surface area contributed by atoms with E-state index in [0.717, 1.165) is 6.07 Å². The summed E-state index contributed by atoms with van der Waals surface area (Å²) in [4.78, 5) is 13.0. The van der Waals surface area contributed by atoms with Crippen LogP contribution in [0.25, 0.3) is 0 Å². The number of rotatable bonds is 5. The molecular formula is C18H26N6O4S. The molecule has 3 rings (SSSR count). The number of nitrogens with zero attached hydrogens (tertiary/aromatic N) is 5. The van der Waals surface area contributed by atoms with E-state index in [1.54, 1.807) is 17.1 Å². The first-order valence-electron chi connectivity index (χ1n) is 9.28. The summed E-state index contributed by atoms with van der Waals surface area (Å²) in [6, 6.07) is 3.94. The highest BCUT2D eigenvalue weighted by Gasteiger charge is 2.29. The molecule has 0 spiro atoms. The molecule has 2 aromatic rings. The second-order valence-corrected chi connectivity index (χ2v) is 10.1. The fourth-order valence-corrected chi connectivity index (χ4v) is 4.46. The number of aromatic nitrogens is 2. The Bertz CT molecular complexity index is 1000. The summed E-state index contributed by atoms with van der Waals surface area (Å²) in [6.07, 6.45) is 3.32. The van der Waals surface area contributed by atoms with Crippen molar-refractivity contribution in [3.8, 4) is 0 Å². The minimum atomic E-state index is -3.79. The maximum absolute atomic E-state index is 12.9. The van der Waals surface area contributed by atoms with Gasteiger partial charge in [0.2, 0.25) is 10.0 Å². The average Bonchev–Trinajstić information content (AvgIpc) is 3.11. The first-order chi connectivity index (χ1) is 13.5. The molecule has 1 aliphatic rings. The quantitative estimate of drug-likeness (QED) is 0.580. The fraction of sp³-hybridized carbons (Fsp3) is 0.500. The van der Waals surface area contributed by atoms with E-state index in [4.69, 9.17) is 0 Å². The van der Waals surface area contributed by atoms with Gasteiger partial charge in [0.05, 0.1) is 27.2 Å². The molecule has 0 saturated carbocycles. The Morgan fingerprint density at radius 3 is 2.38 bits per heavy atom. The molecule has 0 aliphatic carbocycles. The Morgan fingerprint density at radius 1 is 1.17 bits per heavy atom. The van der Waals surface area contributed by atoms with Crippen molar-refractivity contribution >= 4 is 27.1 Å². The summed E-state index contributed by atoms with van der Waals surface area (Å²) in [7, 11) is -1.86. The van der Waals surface area contributed by atoms with E-state index >= 15 is 0 Å². The summed E-state index contributed by atoms with van der Waals surface area (Å²) >= 11 is 0. The van der Waals surface area contributed by atoms with Crippen LogP contribution in [0.4, 0.5) is 17.1 Å². The lowest BCUT2D eigenvalue weighted by molar-refractivity contribution is -0.384. The van der Waals surface area contributed by atoms with Gasteiger partial charge in [-0.15, -0.1) is 0 Å². The van der Waals surface area contributed by atoms with Crippen molar-refractivity contribution in [2.45, 2.75) is 31.2 Å². The van der Waals surface area contributed by atoms with Crippen LogP contribution in [0.1, 0.15) is 20.8 Å². The molecule has 1 fully saturated rings. The molecule has 1 aromatic carbocycles. The van der Waals surface area contributed by atoms with Crippen LogP contribution >= 0.6 is 0 Å². The van der Waals surface area contributed by atoms with E-state index < -0.39 is 14.9 Å². The summed E-state index contributed by atoms with van der Waals surface area (Å²) in [5, 5.41) is 18.8. The van der Waals surface area contributed by atoms with E-state index in [1.807, 2.05) is 32.7 Å². The van der Waals surface area contributed by atoms with Gasteiger partial charge >= 0.3 is 0 Å². The molecule has 1 saturated heterocycles. The molecule has 0 bridgehead atoms. The van der Waals surface area contributed by atoms with Crippen molar-refractivity contribution in [1.29, 1.82) is 0 Å². The minimum Gasteiger partial charge on any atom is -0.347 e. The van der Waals surface area contributed by atoms with Crippen LogP contribution in [0.3, 0.4) is 0 Å². The highest BCUT2D eigenvalue weighted by Crippen LogP contribution is 2.31. The third-order valence-electron chi connectivity index (χ3n) is 4.81. The minimum absolute atomic E-state index is 0.0790. The van der Waals surface area contributed by atoms with Crippen LogP contribution in [-0.2, 0) is 15.6 Å². The zero-order valence-corrected chi connectivity index (χ0v) is 17.8. The highest BCUT2D eigenvalue weighted by molar-refractivity contribution is 7.89. The number of nitrogens with one attached hydrogen (secondary N) is 1. The third kappa shape index (κ3) is 4.57. The van der Waals surface area contributed by atoms with Crippen LogP contribution < -0.4 is 5.32 Å². The van der Waals surface area contributed by atoms with Gasteiger partial charge in [0.1, 0.15) is 5.69 Å². The standard InChI is InChI=1S/C18H26N6O4S/c1-18(2,3)23-13-14(12-19-23)20-16-6-5-15(11-17(16)24(25)26)29(27,28)22-9-7-21(4)8-10-22/h5-6,11-13,20H,7-10H2,1-4H3. The van der Waals surface area contributed by atoms with Crippen LogP contribution in [0.5, 0.6) is 0 Å². The van der Waals surface area contributed by atoms with Gasteiger partial charge in [0.25, 0.3) is 5.69 Å². The maximum Gasteiger partial charge on any atom is 0.294 e. The Kier molecular flexibility index (Phi) is 5.65. The first-order valence-corrected chi connectivity index (χ1v) is 10.7. The topological polar surface area (TPSA) is 114 Å². The molecule has 1 N–H and O–H groups in total. The SMILES string of the molecule is CN1CCN(S(=O)(=O)c2ccc(Nc3cnn(C(C)(C)C)c3)c([N+](=O)[O-])c2)CC1. The van der Waals surface area contributed by atoms with Crippen LogP contribution in [0.15, 0.2) is 35.5 Å². The number of hydrogen-bond acceptors (Lipinski definition) is 7. The number of anilines is 2. The lowest BCUT2D eigenvalue weighted by Gasteiger charge is -2.31. The van der Waals surface area contributed by atoms with Gasteiger partial charge in [-0.25, -0.2) is 8.42 Å². The molecule has 1 aromatic heterocycles. The van der Waals surface area contributed by atoms with Gasteiger partial charge in [-0.1, -0.05) is 0 Å². The highest BCUT2D eigenvalue weighted by atomic mass is 32.2. The van der Waals surface area contributed by atoms with Gasteiger partial charge in [0, 0.05) is 38.4 Å². The fourth-order valence-electron chi connectivity index (χ4n) is 3.02. The zero-order valence-electron chi connectivity index (χ0n) is 17.0. The Labute approximate surface area is 170 Å². The lowest BCUT2D eigenvalue weighted by atomic mass is 10.1. The van der Waals surface area contributed by atoms with Crippen LogP contribution in [0.2, 0.25) is 0 Å². The zero-order chi connectivity index (χ0) is 21.4. The van der Waals surface area contributed by atoms with Crippen molar-refractivity contribution in [2.24, 2.45) is 0 Å². The Morgan fingerprint density at radius 2 is 1.83 bits per heavy atom. The number of piperazine rings is 1. The predicted octanol–water partition coefficient (Wildman–Crippen LogP) is 2.23. The molecule has 0 radical (unpaired) electrons. The number of likely N-dealkylation sites (N-methyl/N-ethyl adjacent to an activating group) is 1. The second-order valence-electron chi connectivity index (χ2n) is 8.11. The van der Waals surface area contributed by atoms with Crippen LogP contribution in [-0.4, -0.2) is 65.6 Å². The average molecular weight is 423 g/mol. The predicted molar refractivity (Wildman–Crippen MR) is 110 cm³/mol. The second kappa shape index (κ2) is 7.73. The van der Waals surface area contributed by atoms with E-state index in [9.17, 15) is 18.5 Å². The van der Waals surface area contributed by atoms with Crippen molar-refractivity contribution in [1.82, 2.24) is 19.0 Å². The molecule has 2 heterocycles. The molecule has 29 heavy (non-hydrogen) atoms. The van der Waals surface area contributed by atoms with Gasteiger partial charge < -0.3 is 10.2 Å². The summed E-state index contributed by atoms with van der Waals surface area (Å²) < 4.78 is 28.9. The molecular weight excluding hydrogens is 396 g/mol. The van der Waals surface area contributed by atoms with Crippen molar-refractivity contribution in [2.75, 3.05) is 38.5 Å². The van der Waals surface area contributed by atoms with E-state index in [-0.39, 0.29) is 21.8 Å². The number of benzene rings is 1. The number of nitro groups is 1. The molecule has 0 atom stereocenters. The van der Waals surface area contributed by atoms with Crippen molar-refractivity contribution < 1.29 is 13.3 Å². The van der Waals surface area contributed by atoms with Gasteiger partial charge in [-0.3, -0.25) is 14.8 Å². The van der Waals surface area contributed by atoms with Gasteiger partial charge in [-0.2, -0.15) is 9.40 Å². The Balaban J connectivity index is 1.89. The molecule has 0 unspecified atom stereocenters. The maximum atomic E-state index is 12.9. The van der Waals surface area contributed by atoms with Gasteiger partial charge in [0.15, 0.2) is 0 Å². The Hall–Kier alpha value is -2.50. The summed E-state index contributed by atoms with van der Waals surface area (Å²) in [6.45, 7) is 7.94. The molecule has 158 valence electrons. The summed E-state index contributed by atoms with van der Waals surface area (Å²) in [5.74, 6) is 0. The van der Waals surface area contributed by atoms with Gasteiger partial charge in [-0.05, 0) is 40.0 Å². The lowest BCUT2D eigenvalue weighted by Crippen LogP contribution is -2.47. The molecule has 1 aliphatic heterocycles. The molecule has 11 heteroatoms. The number of hydrogen-bond donors (Lipinski definition) is 1. The van der Waals surface area contributed by atoms with Crippen LogP contribution in [0, 0.1) is 10.1 Å². The van der Waals surface area contributed by atoms with Crippen molar-refractivity contribution in [3.63, 3.8) is 0 Å². The summed E-state index contributed by atoms with van der Waals surface area (Å²) in [5.41, 5.74) is 0.258. The third-order valence-corrected chi connectivity index (χ3v) is 6.71. The number of sulfonamides is 1. The van der Waals surface area contributed by atoms with E-state index in [1.165, 1.54) is 16.4 Å². The largest absolute Gasteiger partial charge is 0.347 e. The monoisotopic (exact) mass is 422 g/mol. The normalized spacial score (nSPS) is 16.7. The molecule has 10 nitrogen and oxygen atoms in total. The van der Waals surface area contributed by atoms with E-state index in [0.29, 0.717) is 31.9 Å².